The minimum Gasteiger partial charge on any atom is -0.497 e. The van der Waals surface area contributed by atoms with Crippen molar-refractivity contribution in [1.29, 1.82) is 0 Å². The van der Waals surface area contributed by atoms with Crippen LogP contribution in [0.4, 0.5) is 5.69 Å². The lowest BCUT2D eigenvalue weighted by Gasteiger charge is -2.39. The highest BCUT2D eigenvalue weighted by Gasteiger charge is 2.75. The van der Waals surface area contributed by atoms with Crippen molar-refractivity contribution in [2.24, 2.45) is 11.8 Å². The van der Waals surface area contributed by atoms with Crippen LogP contribution in [-0.2, 0) is 19.1 Å². The fourth-order valence-corrected chi connectivity index (χ4v) is 6.92. The summed E-state index contributed by atoms with van der Waals surface area (Å²) in [5.74, 6) is -1.86. The zero-order valence-electron chi connectivity index (χ0n) is 23.5. The van der Waals surface area contributed by atoms with Gasteiger partial charge in [0.25, 0.3) is 5.91 Å². The van der Waals surface area contributed by atoms with E-state index >= 15 is 0 Å². The Morgan fingerprint density at radius 3 is 2.41 bits per heavy atom. The lowest BCUT2D eigenvalue weighted by Crippen LogP contribution is -2.57. The molecule has 3 heterocycles. The van der Waals surface area contributed by atoms with Gasteiger partial charge in [-0.2, -0.15) is 0 Å². The molecule has 6 atom stereocenters. The Labute approximate surface area is 240 Å². The van der Waals surface area contributed by atoms with Gasteiger partial charge < -0.3 is 29.3 Å². The summed E-state index contributed by atoms with van der Waals surface area (Å²) in [6, 6.07) is 14.4. The molecular formula is C32H37N3O6. The number of aliphatic hydroxyl groups excluding tert-OH is 1. The Kier molecular flexibility index (Phi) is 8.02. The number of carbonyl (C=O) groups excluding carboxylic acids is 3. The predicted molar refractivity (Wildman–Crippen MR) is 154 cm³/mol. The number of carbonyl (C=O) groups is 3. The highest BCUT2D eigenvalue weighted by molar-refractivity contribution is 6.05. The maximum absolute atomic E-state index is 14.7. The van der Waals surface area contributed by atoms with Crippen molar-refractivity contribution in [3.63, 3.8) is 0 Å². The molecular weight excluding hydrogens is 522 g/mol. The summed E-state index contributed by atoms with van der Waals surface area (Å²) >= 11 is 0. The third-order valence-electron chi connectivity index (χ3n) is 8.69. The number of fused-ring (bicyclic) bond motifs is 1. The predicted octanol–water partition coefficient (Wildman–Crippen LogP) is 2.97. The van der Waals surface area contributed by atoms with E-state index in [9.17, 15) is 19.5 Å². The molecule has 5 rings (SSSR count). The molecule has 2 aromatic rings. The summed E-state index contributed by atoms with van der Waals surface area (Å²) in [6.07, 6.45) is 3.80. The molecule has 0 aliphatic carbocycles. The monoisotopic (exact) mass is 559 g/mol. The van der Waals surface area contributed by atoms with Gasteiger partial charge in [0.15, 0.2) is 0 Å². The van der Waals surface area contributed by atoms with Crippen LogP contribution in [0, 0.1) is 11.8 Å². The Hall–Kier alpha value is -3.95. The van der Waals surface area contributed by atoms with Crippen molar-refractivity contribution in [1.82, 2.24) is 9.80 Å². The Bertz CT molecular complexity index is 1310. The first-order valence-electron chi connectivity index (χ1n) is 13.9. The Morgan fingerprint density at radius 1 is 1.12 bits per heavy atom. The number of ether oxygens (including phenoxy) is 2. The van der Waals surface area contributed by atoms with E-state index in [0.717, 1.165) is 0 Å². The average Bonchev–Trinajstić information content (AvgIpc) is 3.64. The number of hydrogen-bond acceptors (Lipinski definition) is 6. The van der Waals surface area contributed by atoms with Gasteiger partial charge in [-0.1, -0.05) is 42.5 Å². The van der Waals surface area contributed by atoms with Crippen LogP contribution in [0.2, 0.25) is 0 Å². The quantitative estimate of drug-likeness (QED) is 0.425. The molecule has 2 unspecified atom stereocenters. The normalized spacial score (nSPS) is 26.8. The fourth-order valence-electron chi connectivity index (χ4n) is 6.92. The first-order chi connectivity index (χ1) is 19.8. The van der Waals surface area contributed by atoms with Crippen LogP contribution in [0.5, 0.6) is 5.75 Å². The van der Waals surface area contributed by atoms with E-state index in [1.807, 2.05) is 30.3 Å². The first kappa shape index (κ1) is 28.6. The lowest BCUT2D eigenvalue weighted by atomic mass is 9.70. The van der Waals surface area contributed by atoms with Gasteiger partial charge in [-0.05, 0) is 42.7 Å². The molecule has 9 heteroatoms. The molecule has 0 aromatic heterocycles. The summed E-state index contributed by atoms with van der Waals surface area (Å²) in [6.45, 7) is 7.71. The molecule has 41 heavy (non-hydrogen) atoms. The number of methoxy groups -OCH3 is 1. The number of nitrogens with zero attached hydrogens (tertiary/aromatic N) is 3. The number of hydrogen-bond donors (Lipinski definition) is 1. The number of benzene rings is 2. The lowest BCUT2D eigenvalue weighted by molar-refractivity contribution is -0.147. The van der Waals surface area contributed by atoms with E-state index in [4.69, 9.17) is 9.47 Å². The zero-order valence-corrected chi connectivity index (χ0v) is 23.5. The Morgan fingerprint density at radius 2 is 1.80 bits per heavy atom. The van der Waals surface area contributed by atoms with Gasteiger partial charge in [-0.15, -0.1) is 13.2 Å². The first-order valence-corrected chi connectivity index (χ1v) is 13.9. The second-order valence-electron chi connectivity index (χ2n) is 10.9. The smallest absolute Gasteiger partial charge is 0.253 e. The minimum atomic E-state index is -1.21. The van der Waals surface area contributed by atoms with Gasteiger partial charge in [-0.3, -0.25) is 14.4 Å². The molecule has 2 bridgehead atoms. The molecule has 3 saturated heterocycles. The summed E-state index contributed by atoms with van der Waals surface area (Å²) in [7, 11) is 3.25. The number of anilines is 1. The minimum absolute atomic E-state index is 0.188. The molecule has 3 amide bonds. The molecule has 216 valence electrons. The summed E-state index contributed by atoms with van der Waals surface area (Å²) in [4.78, 5) is 47.5. The third kappa shape index (κ3) is 4.63. The number of aliphatic hydroxyl groups is 1. The van der Waals surface area contributed by atoms with Gasteiger partial charge in [0.1, 0.15) is 17.4 Å². The van der Waals surface area contributed by atoms with Gasteiger partial charge in [0, 0.05) is 25.8 Å². The van der Waals surface area contributed by atoms with Gasteiger partial charge in [0.05, 0.1) is 37.7 Å². The maximum Gasteiger partial charge on any atom is 0.253 e. The molecule has 3 aliphatic rings. The topological polar surface area (TPSA) is 99.6 Å². The number of amides is 3. The van der Waals surface area contributed by atoms with Crippen LogP contribution in [0.3, 0.4) is 0 Å². The number of likely N-dealkylation sites (N-methyl/N-ethyl adjacent to an activating group) is 1. The van der Waals surface area contributed by atoms with E-state index in [1.165, 1.54) is 4.90 Å². The van der Waals surface area contributed by atoms with Gasteiger partial charge in [-0.25, -0.2) is 0 Å². The van der Waals surface area contributed by atoms with Crippen molar-refractivity contribution in [2.75, 3.05) is 38.8 Å². The zero-order chi connectivity index (χ0) is 29.3. The highest BCUT2D eigenvalue weighted by atomic mass is 16.5. The molecule has 1 N–H and O–H groups in total. The SMILES string of the molecule is C=CCN(C)C(=O)[C@@H]1[C@@H]2CCC3(O2)C(C(=O)N(CC=C)c2ccc(OC)cc2)N([C@H](CO)c2ccccc2)C(=O)[C@H]13. The molecule has 1 spiro atoms. The van der Waals surface area contributed by atoms with Crippen molar-refractivity contribution >= 4 is 23.4 Å². The Balaban J connectivity index is 1.63. The summed E-state index contributed by atoms with van der Waals surface area (Å²) in [5, 5.41) is 10.7. The largest absolute Gasteiger partial charge is 0.497 e. The number of likely N-dealkylation sites (tertiary alicyclic amines) is 1. The van der Waals surface area contributed by atoms with Crippen molar-refractivity contribution in [2.45, 2.75) is 36.6 Å². The van der Waals surface area contributed by atoms with Crippen molar-refractivity contribution in [3.8, 4) is 5.75 Å². The van der Waals surface area contributed by atoms with Gasteiger partial charge >= 0.3 is 0 Å². The summed E-state index contributed by atoms with van der Waals surface area (Å²) < 4.78 is 11.9. The highest BCUT2D eigenvalue weighted by Crippen LogP contribution is 2.60. The third-order valence-corrected chi connectivity index (χ3v) is 8.69. The van der Waals surface area contributed by atoms with Crippen LogP contribution >= 0.6 is 0 Å². The average molecular weight is 560 g/mol. The molecule has 3 aliphatic heterocycles. The van der Waals surface area contributed by atoms with Crippen molar-refractivity contribution in [3.05, 3.63) is 85.5 Å². The molecule has 0 radical (unpaired) electrons. The van der Waals surface area contributed by atoms with E-state index in [2.05, 4.69) is 13.2 Å². The van der Waals surface area contributed by atoms with Crippen LogP contribution in [0.1, 0.15) is 24.4 Å². The van der Waals surface area contributed by atoms with Crippen LogP contribution in [0.15, 0.2) is 79.9 Å². The van der Waals surface area contributed by atoms with Crippen LogP contribution in [0.25, 0.3) is 0 Å². The van der Waals surface area contributed by atoms with Crippen LogP contribution in [-0.4, -0.2) is 84.2 Å². The fraction of sp³-hybridized carbons (Fsp3) is 0.406. The summed E-state index contributed by atoms with van der Waals surface area (Å²) in [5.41, 5.74) is 0.0926. The molecule has 0 saturated carbocycles. The molecule has 2 aromatic carbocycles. The van der Waals surface area contributed by atoms with Crippen molar-refractivity contribution < 1.29 is 29.0 Å². The second-order valence-corrected chi connectivity index (χ2v) is 10.9. The molecule has 9 nitrogen and oxygen atoms in total. The van der Waals surface area contributed by atoms with E-state index in [-0.39, 0.29) is 24.3 Å². The van der Waals surface area contributed by atoms with E-state index in [0.29, 0.717) is 36.4 Å². The van der Waals surface area contributed by atoms with Gasteiger partial charge in [0.2, 0.25) is 11.8 Å². The number of rotatable bonds is 11. The van der Waals surface area contributed by atoms with E-state index < -0.39 is 42.2 Å². The second kappa shape index (κ2) is 11.5. The van der Waals surface area contributed by atoms with E-state index in [1.54, 1.807) is 60.4 Å². The maximum atomic E-state index is 14.7. The molecule has 3 fully saturated rings. The van der Waals surface area contributed by atoms with Crippen LogP contribution < -0.4 is 9.64 Å². The standard InChI is InChI=1S/C32H37N3O6/c1-5-18-33(3)29(37)26-25-16-17-32(41-25)27(26)30(38)35(24(20-36)21-10-8-7-9-11-21)28(32)31(39)34(19-6-2)22-12-14-23(40-4)15-13-22/h5-15,24-28,36H,1-2,16-20H2,3-4H3/t24-,25+,26-,27+,28?,32?/m1/s1.